The second-order valence-corrected chi connectivity index (χ2v) is 3.98. The van der Waals surface area contributed by atoms with Gasteiger partial charge in [0.25, 0.3) is 5.91 Å². The fourth-order valence-corrected chi connectivity index (χ4v) is 1.44. The number of amides is 1. The topological polar surface area (TPSA) is 124 Å². The van der Waals surface area contributed by atoms with Gasteiger partial charge in [-0.3, -0.25) is 9.59 Å². The average molecular weight is 267 g/mol. The molecule has 0 spiro atoms. The summed E-state index contributed by atoms with van der Waals surface area (Å²) in [5.74, 6) is -3.94. The summed E-state index contributed by atoms with van der Waals surface area (Å²) in [5, 5.41) is 28.9. The summed E-state index contributed by atoms with van der Waals surface area (Å²) in [6.07, 6.45) is -0.742. The molecule has 19 heavy (non-hydrogen) atoms. The molecule has 1 aromatic carbocycles. The zero-order valence-corrected chi connectivity index (χ0v) is 10.1. The molecule has 1 atom stereocenters. The van der Waals surface area contributed by atoms with Crippen molar-refractivity contribution in [1.82, 2.24) is 5.32 Å². The van der Waals surface area contributed by atoms with E-state index in [0.29, 0.717) is 0 Å². The smallest absolute Gasteiger partial charge is 0.326 e. The van der Waals surface area contributed by atoms with E-state index in [1.54, 1.807) is 13.0 Å². The molecule has 0 aliphatic rings. The van der Waals surface area contributed by atoms with Crippen molar-refractivity contribution in [1.29, 1.82) is 0 Å². The molecule has 0 unspecified atom stereocenters. The van der Waals surface area contributed by atoms with E-state index in [1.807, 2.05) is 5.32 Å². The van der Waals surface area contributed by atoms with Gasteiger partial charge in [0, 0.05) is 0 Å². The lowest BCUT2D eigenvalue weighted by Crippen LogP contribution is -2.42. The summed E-state index contributed by atoms with van der Waals surface area (Å²) in [7, 11) is 0. The predicted molar refractivity (Wildman–Crippen MR) is 64.0 cm³/mol. The number of phenols is 1. The van der Waals surface area contributed by atoms with E-state index in [-0.39, 0.29) is 11.3 Å². The van der Waals surface area contributed by atoms with Gasteiger partial charge in [-0.1, -0.05) is 6.07 Å². The van der Waals surface area contributed by atoms with Crippen LogP contribution in [0.15, 0.2) is 18.2 Å². The molecule has 7 heteroatoms. The lowest BCUT2D eigenvalue weighted by atomic mass is 10.1. The van der Waals surface area contributed by atoms with Crippen LogP contribution < -0.4 is 5.32 Å². The molecular weight excluding hydrogens is 254 g/mol. The molecule has 1 aromatic rings. The van der Waals surface area contributed by atoms with Crippen molar-refractivity contribution in [3.63, 3.8) is 0 Å². The number of hydrogen-bond acceptors (Lipinski definition) is 4. The van der Waals surface area contributed by atoms with Gasteiger partial charge in [0.1, 0.15) is 11.8 Å². The summed E-state index contributed by atoms with van der Waals surface area (Å²) in [4.78, 5) is 33.0. The normalized spacial score (nSPS) is 11.6. The van der Waals surface area contributed by atoms with Crippen molar-refractivity contribution in [2.75, 3.05) is 0 Å². The molecule has 1 amide bonds. The molecule has 4 N–H and O–H groups in total. The van der Waals surface area contributed by atoms with Gasteiger partial charge in [0.2, 0.25) is 0 Å². The number of aryl methyl sites for hydroxylation is 1. The number of aliphatic carboxylic acids is 2. The Labute approximate surface area is 108 Å². The SMILES string of the molecule is Cc1ccc(C(=O)N[C@H](CC(=O)O)C(=O)O)c(O)c1. The van der Waals surface area contributed by atoms with Crippen LogP contribution in [0.4, 0.5) is 0 Å². The first kappa shape index (κ1) is 14.5. The molecule has 0 saturated heterocycles. The van der Waals surface area contributed by atoms with Crippen LogP contribution in [0.2, 0.25) is 0 Å². The molecule has 1 rings (SSSR count). The number of carboxylic acid groups (broad SMARTS) is 2. The van der Waals surface area contributed by atoms with E-state index >= 15 is 0 Å². The first-order chi connectivity index (χ1) is 8.81. The van der Waals surface area contributed by atoms with Crippen LogP contribution in [-0.4, -0.2) is 39.2 Å². The molecule has 0 aliphatic heterocycles. The first-order valence-corrected chi connectivity index (χ1v) is 5.36. The van der Waals surface area contributed by atoms with Crippen molar-refractivity contribution >= 4 is 17.8 Å². The Morgan fingerprint density at radius 2 is 1.89 bits per heavy atom. The molecular formula is C12H13NO6. The van der Waals surface area contributed by atoms with E-state index in [1.165, 1.54) is 12.1 Å². The van der Waals surface area contributed by atoms with Gasteiger partial charge in [-0.15, -0.1) is 0 Å². The zero-order chi connectivity index (χ0) is 14.6. The second-order valence-electron chi connectivity index (χ2n) is 3.98. The van der Waals surface area contributed by atoms with Crippen molar-refractivity contribution in [3.8, 4) is 5.75 Å². The highest BCUT2D eigenvalue weighted by molar-refractivity contribution is 5.99. The predicted octanol–water partition coefficient (Wildman–Crippen LogP) is 0.358. The standard InChI is InChI=1S/C12H13NO6/c1-6-2-3-7(9(14)4-6)11(17)13-8(12(18)19)5-10(15)16/h2-4,8,14H,5H2,1H3,(H,13,17)(H,15,16)(H,18,19)/t8-/m1/s1. The van der Waals surface area contributed by atoms with Gasteiger partial charge >= 0.3 is 11.9 Å². The van der Waals surface area contributed by atoms with Crippen LogP contribution in [-0.2, 0) is 9.59 Å². The van der Waals surface area contributed by atoms with Crippen LogP contribution in [0.5, 0.6) is 5.75 Å². The van der Waals surface area contributed by atoms with Gasteiger partial charge in [-0.05, 0) is 24.6 Å². The Kier molecular flexibility index (Phi) is 4.46. The molecule has 0 saturated carbocycles. The van der Waals surface area contributed by atoms with E-state index in [9.17, 15) is 19.5 Å². The van der Waals surface area contributed by atoms with Crippen LogP contribution in [0.25, 0.3) is 0 Å². The molecule has 0 aliphatic carbocycles. The monoisotopic (exact) mass is 267 g/mol. The molecule has 0 aromatic heterocycles. The van der Waals surface area contributed by atoms with Crippen molar-refractivity contribution in [2.24, 2.45) is 0 Å². The third kappa shape index (κ3) is 3.98. The van der Waals surface area contributed by atoms with Crippen molar-refractivity contribution in [3.05, 3.63) is 29.3 Å². The minimum absolute atomic E-state index is 0.109. The van der Waals surface area contributed by atoms with Crippen LogP contribution in [0.1, 0.15) is 22.3 Å². The number of rotatable bonds is 5. The van der Waals surface area contributed by atoms with Gasteiger partial charge in [0.15, 0.2) is 0 Å². The van der Waals surface area contributed by atoms with Gasteiger partial charge < -0.3 is 20.6 Å². The van der Waals surface area contributed by atoms with Gasteiger partial charge in [-0.2, -0.15) is 0 Å². The van der Waals surface area contributed by atoms with Crippen LogP contribution in [0.3, 0.4) is 0 Å². The fraction of sp³-hybridized carbons (Fsp3) is 0.250. The number of benzene rings is 1. The fourth-order valence-electron chi connectivity index (χ4n) is 1.44. The Morgan fingerprint density at radius 1 is 1.26 bits per heavy atom. The summed E-state index contributed by atoms with van der Waals surface area (Å²) in [5.41, 5.74) is 0.622. The Morgan fingerprint density at radius 3 is 2.37 bits per heavy atom. The number of carbonyl (C=O) groups excluding carboxylic acids is 1. The molecule has 0 radical (unpaired) electrons. The number of hydrogen-bond donors (Lipinski definition) is 4. The van der Waals surface area contributed by atoms with E-state index in [0.717, 1.165) is 5.56 Å². The quantitative estimate of drug-likeness (QED) is 0.610. The largest absolute Gasteiger partial charge is 0.507 e. The lowest BCUT2D eigenvalue weighted by molar-refractivity contribution is -0.145. The maximum atomic E-state index is 11.7. The van der Waals surface area contributed by atoms with Crippen LogP contribution >= 0.6 is 0 Å². The summed E-state index contributed by atoms with van der Waals surface area (Å²) in [6, 6.07) is 2.70. The van der Waals surface area contributed by atoms with Crippen molar-refractivity contribution < 1.29 is 29.7 Å². The van der Waals surface area contributed by atoms with Gasteiger partial charge in [-0.25, -0.2) is 4.79 Å². The minimum Gasteiger partial charge on any atom is -0.507 e. The second kappa shape index (κ2) is 5.85. The highest BCUT2D eigenvalue weighted by atomic mass is 16.4. The number of phenolic OH excluding ortho intramolecular Hbond substituents is 1. The third-order valence-electron chi connectivity index (χ3n) is 2.38. The maximum Gasteiger partial charge on any atom is 0.326 e. The maximum absolute atomic E-state index is 11.7. The molecule has 0 bridgehead atoms. The van der Waals surface area contributed by atoms with Crippen LogP contribution in [0, 0.1) is 6.92 Å². The number of aromatic hydroxyl groups is 1. The Balaban J connectivity index is 2.87. The number of nitrogens with one attached hydrogen (secondary N) is 1. The average Bonchev–Trinajstić information content (AvgIpc) is 2.26. The lowest BCUT2D eigenvalue weighted by Gasteiger charge is -2.13. The molecule has 7 nitrogen and oxygen atoms in total. The van der Waals surface area contributed by atoms with E-state index in [4.69, 9.17) is 10.2 Å². The van der Waals surface area contributed by atoms with E-state index < -0.39 is 30.3 Å². The third-order valence-corrected chi connectivity index (χ3v) is 2.38. The van der Waals surface area contributed by atoms with Gasteiger partial charge in [0.05, 0.1) is 12.0 Å². The van der Waals surface area contributed by atoms with E-state index in [2.05, 4.69) is 0 Å². The highest BCUT2D eigenvalue weighted by Gasteiger charge is 2.24. The molecule has 102 valence electrons. The van der Waals surface area contributed by atoms with Crippen molar-refractivity contribution in [2.45, 2.75) is 19.4 Å². The Bertz CT molecular complexity index is 525. The molecule has 0 heterocycles. The minimum atomic E-state index is -1.55. The number of carbonyl (C=O) groups is 3. The Hall–Kier alpha value is -2.57. The summed E-state index contributed by atoms with van der Waals surface area (Å²) in [6.45, 7) is 1.71. The molecule has 0 fully saturated rings. The first-order valence-electron chi connectivity index (χ1n) is 5.36. The zero-order valence-electron chi connectivity index (χ0n) is 10.1. The number of carboxylic acids is 2. The summed E-state index contributed by atoms with van der Waals surface area (Å²) < 4.78 is 0. The summed E-state index contributed by atoms with van der Waals surface area (Å²) >= 11 is 0. The highest BCUT2D eigenvalue weighted by Crippen LogP contribution is 2.18.